The lowest BCUT2D eigenvalue weighted by Crippen LogP contribution is -2.36. The Bertz CT molecular complexity index is 556. The smallest absolute Gasteiger partial charge is 0.345 e. The number of aromatic carboxylic acids is 1. The van der Waals surface area contributed by atoms with Gasteiger partial charge in [-0.05, 0) is 43.7 Å². The topological polar surface area (TPSA) is 83.5 Å². The van der Waals surface area contributed by atoms with E-state index >= 15 is 0 Å². The number of sulfonamides is 1. The van der Waals surface area contributed by atoms with Crippen molar-refractivity contribution in [3.8, 4) is 0 Å². The molecule has 0 amide bonds. The van der Waals surface area contributed by atoms with E-state index in [-0.39, 0.29) is 15.1 Å². The molecule has 106 valence electrons. The number of hydrogen-bond acceptors (Lipinski definition) is 4. The molecular formula is C12H17NO4S2. The molecular weight excluding hydrogens is 286 g/mol. The first kappa shape index (κ1) is 14.5. The fraction of sp³-hybridized carbons (Fsp3) is 0.583. The average molecular weight is 303 g/mol. The summed E-state index contributed by atoms with van der Waals surface area (Å²) in [4.78, 5) is 10.8. The molecule has 5 nitrogen and oxygen atoms in total. The predicted octanol–water partition coefficient (Wildman–Crippen LogP) is 2.30. The van der Waals surface area contributed by atoms with E-state index in [4.69, 9.17) is 5.11 Å². The summed E-state index contributed by atoms with van der Waals surface area (Å²) in [6.45, 7) is 2.17. The van der Waals surface area contributed by atoms with Crippen molar-refractivity contribution in [2.45, 2.75) is 42.9 Å². The third-order valence-corrected chi connectivity index (χ3v) is 6.48. The van der Waals surface area contributed by atoms with Crippen LogP contribution in [0.2, 0.25) is 0 Å². The Morgan fingerprint density at radius 2 is 1.95 bits per heavy atom. The molecule has 2 N–H and O–H groups in total. The average Bonchev–Trinajstić information content (AvgIpc) is 2.82. The molecule has 7 heteroatoms. The summed E-state index contributed by atoms with van der Waals surface area (Å²) >= 11 is 0.787. The van der Waals surface area contributed by atoms with Crippen LogP contribution in [-0.4, -0.2) is 25.5 Å². The van der Waals surface area contributed by atoms with Gasteiger partial charge in [0.25, 0.3) is 0 Å². The maximum absolute atomic E-state index is 12.1. The zero-order chi connectivity index (χ0) is 14.0. The molecule has 1 fully saturated rings. The summed E-state index contributed by atoms with van der Waals surface area (Å²) in [5, 5.41) is 8.81. The molecule has 0 spiro atoms. The molecule has 1 heterocycles. The Labute approximate surface area is 116 Å². The Morgan fingerprint density at radius 3 is 2.47 bits per heavy atom. The lowest BCUT2D eigenvalue weighted by molar-refractivity contribution is 0.0702. The maximum Gasteiger partial charge on any atom is 0.345 e. The van der Waals surface area contributed by atoms with Gasteiger partial charge >= 0.3 is 5.97 Å². The molecule has 19 heavy (non-hydrogen) atoms. The van der Waals surface area contributed by atoms with Gasteiger partial charge in [-0.15, -0.1) is 11.3 Å². The highest BCUT2D eigenvalue weighted by Gasteiger charge is 2.25. The van der Waals surface area contributed by atoms with Gasteiger partial charge in [-0.1, -0.05) is 6.92 Å². The standard InChI is InChI=1S/C12H17NO4S2/c1-8-2-4-9(5-3-8)13-19(16,17)11-7-6-10(18-11)12(14)15/h6-9,13H,2-5H2,1H3,(H,14,15). The highest BCUT2D eigenvalue weighted by Crippen LogP contribution is 2.26. The van der Waals surface area contributed by atoms with Crippen molar-refractivity contribution in [3.63, 3.8) is 0 Å². The first-order chi connectivity index (χ1) is 8.88. The highest BCUT2D eigenvalue weighted by atomic mass is 32.2. The van der Waals surface area contributed by atoms with Crippen LogP contribution in [0.3, 0.4) is 0 Å². The number of thiophene rings is 1. The minimum absolute atomic E-state index is 0.0309. The zero-order valence-corrected chi connectivity index (χ0v) is 12.3. The summed E-state index contributed by atoms with van der Waals surface area (Å²) < 4.78 is 27.0. The van der Waals surface area contributed by atoms with E-state index in [1.54, 1.807) is 0 Å². The summed E-state index contributed by atoms with van der Waals surface area (Å²) in [7, 11) is -3.58. The van der Waals surface area contributed by atoms with Crippen LogP contribution in [-0.2, 0) is 10.0 Å². The molecule has 2 rings (SSSR count). The largest absolute Gasteiger partial charge is 0.477 e. The minimum Gasteiger partial charge on any atom is -0.477 e. The van der Waals surface area contributed by atoms with E-state index in [0.29, 0.717) is 5.92 Å². The summed E-state index contributed by atoms with van der Waals surface area (Å²) in [5.41, 5.74) is 0. The van der Waals surface area contributed by atoms with Crippen molar-refractivity contribution < 1.29 is 18.3 Å². The quantitative estimate of drug-likeness (QED) is 0.894. The molecule has 0 radical (unpaired) electrons. The second-order valence-corrected chi connectivity index (χ2v) is 8.03. The Balaban J connectivity index is 2.07. The van der Waals surface area contributed by atoms with Crippen molar-refractivity contribution in [1.29, 1.82) is 0 Å². The van der Waals surface area contributed by atoms with Gasteiger partial charge in [0, 0.05) is 6.04 Å². The number of carboxylic acid groups (broad SMARTS) is 1. The van der Waals surface area contributed by atoms with E-state index in [1.165, 1.54) is 12.1 Å². The molecule has 1 saturated carbocycles. The minimum atomic E-state index is -3.58. The van der Waals surface area contributed by atoms with Gasteiger partial charge in [0.15, 0.2) is 0 Å². The third kappa shape index (κ3) is 3.55. The van der Waals surface area contributed by atoms with Gasteiger partial charge < -0.3 is 5.11 Å². The first-order valence-electron chi connectivity index (χ1n) is 6.24. The number of carbonyl (C=O) groups is 1. The molecule has 0 saturated heterocycles. The monoisotopic (exact) mass is 303 g/mol. The van der Waals surface area contributed by atoms with Crippen LogP contribution in [0.4, 0.5) is 0 Å². The highest BCUT2D eigenvalue weighted by molar-refractivity contribution is 7.91. The summed E-state index contributed by atoms with van der Waals surface area (Å²) in [6, 6.07) is 2.64. The van der Waals surface area contributed by atoms with Crippen LogP contribution in [0.25, 0.3) is 0 Å². The normalized spacial score (nSPS) is 24.3. The van der Waals surface area contributed by atoms with Gasteiger partial charge in [-0.25, -0.2) is 17.9 Å². The van der Waals surface area contributed by atoms with Crippen molar-refractivity contribution in [2.75, 3.05) is 0 Å². The molecule has 0 atom stereocenters. The number of rotatable bonds is 4. The molecule has 1 aliphatic carbocycles. The maximum atomic E-state index is 12.1. The van der Waals surface area contributed by atoms with Gasteiger partial charge in [-0.2, -0.15) is 0 Å². The second kappa shape index (κ2) is 5.60. The Morgan fingerprint density at radius 1 is 1.32 bits per heavy atom. The lowest BCUT2D eigenvalue weighted by Gasteiger charge is -2.26. The van der Waals surface area contributed by atoms with Crippen molar-refractivity contribution in [2.24, 2.45) is 5.92 Å². The summed E-state index contributed by atoms with van der Waals surface area (Å²) in [6.07, 6.45) is 3.74. The predicted molar refractivity (Wildman–Crippen MR) is 73.0 cm³/mol. The third-order valence-electron chi connectivity index (χ3n) is 3.39. The Kier molecular flexibility index (Phi) is 4.27. The van der Waals surface area contributed by atoms with Crippen LogP contribution in [0.15, 0.2) is 16.3 Å². The molecule has 0 aliphatic heterocycles. The van der Waals surface area contributed by atoms with Gasteiger partial charge in [-0.3, -0.25) is 0 Å². The van der Waals surface area contributed by atoms with Crippen LogP contribution < -0.4 is 4.72 Å². The van der Waals surface area contributed by atoms with Crippen LogP contribution in [0.5, 0.6) is 0 Å². The SMILES string of the molecule is CC1CCC(NS(=O)(=O)c2ccc(C(=O)O)s2)CC1. The van der Waals surface area contributed by atoms with E-state index < -0.39 is 16.0 Å². The van der Waals surface area contributed by atoms with E-state index in [9.17, 15) is 13.2 Å². The van der Waals surface area contributed by atoms with Crippen molar-refractivity contribution in [3.05, 3.63) is 17.0 Å². The van der Waals surface area contributed by atoms with Gasteiger partial charge in [0.05, 0.1) is 0 Å². The van der Waals surface area contributed by atoms with Gasteiger partial charge in [0.2, 0.25) is 10.0 Å². The Hall–Kier alpha value is -0.920. The number of hydrogen-bond donors (Lipinski definition) is 2. The fourth-order valence-electron chi connectivity index (χ4n) is 2.23. The van der Waals surface area contributed by atoms with Crippen LogP contribution in [0, 0.1) is 5.92 Å². The molecule has 1 aromatic heterocycles. The molecule has 1 aliphatic rings. The molecule has 1 aromatic rings. The molecule has 0 bridgehead atoms. The van der Waals surface area contributed by atoms with Crippen LogP contribution in [0.1, 0.15) is 42.3 Å². The lowest BCUT2D eigenvalue weighted by atomic mass is 9.88. The van der Waals surface area contributed by atoms with Crippen LogP contribution >= 0.6 is 11.3 Å². The second-order valence-electron chi connectivity index (χ2n) is 5.00. The first-order valence-corrected chi connectivity index (χ1v) is 8.54. The van der Waals surface area contributed by atoms with E-state index in [0.717, 1.165) is 37.0 Å². The fourth-order valence-corrected chi connectivity index (χ4v) is 4.70. The number of carboxylic acids is 1. The number of nitrogens with one attached hydrogen (secondary N) is 1. The summed E-state index contributed by atoms with van der Waals surface area (Å²) in [5.74, 6) is -0.445. The van der Waals surface area contributed by atoms with Gasteiger partial charge in [0.1, 0.15) is 9.09 Å². The van der Waals surface area contributed by atoms with E-state index in [1.807, 2.05) is 0 Å². The van der Waals surface area contributed by atoms with E-state index in [2.05, 4.69) is 11.6 Å². The van der Waals surface area contributed by atoms with Crippen molar-refractivity contribution >= 4 is 27.3 Å². The molecule has 0 unspecified atom stereocenters. The molecule has 0 aromatic carbocycles. The van der Waals surface area contributed by atoms with Crippen molar-refractivity contribution in [1.82, 2.24) is 4.72 Å². The zero-order valence-electron chi connectivity index (χ0n) is 10.6.